The fourth-order valence-electron chi connectivity index (χ4n) is 8.89. The molecule has 0 bridgehead atoms. The Morgan fingerprint density at radius 3 is 1.76 bits per heavy atom. The van der Waals surface area contributed by atoms with E-state index in [0.29, 0.717) is 29.7 Å². The van der Waals surface area contributed by atoms with Crippen molar-refractivity contribution in [1.82, 2.24) is 3.97 Å². The Bertz CT molecular complexity index is 2580. The predicted octanol–water partition coefficient (Wildman–Crippen LogP) is 9.60. The summed E-state index contributed by atoms with van der Waals surface area (Å²) >= 11 is 0. The van der Waals surface area contributed by atoms with Gasteiger partial charge in [0.1, 0.15) is 11.7 Å². The molecule has 10 heteroatoms. The number of aromatic nitrogens is 1. The van der Waals surface area contributed by atoms with Gasteiger partial charge in [-0.05, 0) is 51.7 Å². The first-order chi connectivity index (χ1) is 30.1. The van der Waals surface area contributed by atoms with Gasteiger partial charge in [-0.1, -0.05) is 178 Å². The van der Waals surface area contributed by atoms with Crippen molar-refractivity contribution in [2.45, 2.75) is 81.4 Å². The van der Waals surface area contributed by atoms with Crippen LogP contribution in [0.4, 0.5) is 0 Å². The molecule has 7 aromatic rings. The number of fused-ring (bicyclic) bond motifs is 1. The van der Waals surface area contributed by atoms with E-state index < -0.39 is 42.4 Å². The minimum absolute atomic E-state index is 0.178. The molecule has 2 heterocycles. The molecule has 8 nitrogen and oxygen atoms in total. The molecule has 1 aromatic heterocycles. The van der Waals surface area contributed by atoms with Gasteiger partial charge in [0.2, 0.25) is 0 Å². The number of hydrogen-bond donors (Lipinski definition) is 0. The van der Waals surface area contributed by atoms with Crippen molar-refractivity contribution in [2.24, 2.45) is 0 Å². The van der Waals surface area contributed by atoms with Crippen molar-refractivity contribution in [2.75, 3.05) is 13.2 Å². The van der Waals surface area contributed by atoms with Crippen LogP contribution in [0.25, 0.3) is 10.9 Å². The van der Waals surface area contributed by atoms with E-state index in [2.05, 4.69) is 69.3 Å². The molecule has 0 spiro atoms. The highest BCUT2D eigenvalue weighted by Crippen LogP contribution is 2.48. The summed E-state index contributed by atoms with van der Waals surface area (Å²) in [5.41, 5.74) is 1.75. The zero-order chi connectivity index (χ0) is 43.2. The highest BCUT2D eigenvalue weighted by atomic mass is 32.2. The Kier molecular flexibility index (Phi) is 13.1. The van der Waals surface area contributed by atoms with Gasteiger partial charge in [0.15, 0.2) is 6.29 Å². The zero-order valence-electron chi connectivity index (χ0n) is 35.8. The lowest BCUT2D eigenvalue weighted by molar-refractivity contribution is -0.331. The molecule has 62 heavy (non-hydrogen) atoms. The highest BCUT2D eigenvalue weighted by Gasteiger charge is 2.56. The molecule has 8 rings (SSSR count). The quantitative estimate of drug-likeness (QED) is 0.0896. The first-order valence-electron chi connectivity index (χ1n) is 21.3. The number of benzene rings is 6. The first kappa shape index (κ1) is 43.5. The molecule has 0 unspecified atom stereocenters. The average molecular weight is 866 g/mol. The van der Waals surface area contributed by atoms with Gasteiger partial charge in [-0.25, -0.2) is 12.4 Å². The van der Waals surface area contributed by atoms with Crippen LogP contribution in [-0.2, 0) is 52.2 Å². The van der Waals surface area contributed by atoms with E-state index in [1.807, 2.05) is 104 Å². The smallest absolute Gasteiger partial charge is 0.268 e. The lowest BCUT2D eigenvalue weighted by Crippen LogP contribution is -2.68. The normalized spacial score (nSPS) is 19.7. The third-order valence-electron chi connectivity index (χ3n) is 11.9. The SMILES string of the molecule is CCO[C@H]1O[C@H](CO[Si](c2ccccc2)(c2ccccc2)C(C)(C)C)[C@@H](OCc2ccccc2)C[C@]1(OCc1ccccc1)c1cn(S(=O)(=O)c2ccccc2)c2ccccc12. The van der Waals surface area contributed by atoms with Gasteiger partial charge < -0.3 is 23.4 Å². The van der Waals surface area contributed by atoms with E-state index in [4.69, 9.17) is 23.4 Å². The van der Waals surface area contributed by atoms with Crippen molar-refractivity contribution in [3.05, 3.63) is 199 Å². The van der Waals surface area contributed by atoms with Gasteiger partial charge in [0.25, 0.3) is 18.3 Å². The van der Waals surface area contributed by atoms with Crippen LogP contribution in [0.15, 0.2) is 187 Å². The minimum atomic E-state index is -4.04. The van der Waals surface area contributed by atoms with Gasteiger partial charge in [-0.3, -0.25) is 0 Å². The summed E-state index contributed by atoms with van der Waals surface area (Å²) in [4.78, 5) is 0.178. The Balaban J connectivity index is 1.28. The number of hydrogen-bond acceptors (Lipinski definition) is 7. The maximum Gasteiger partial charge on any atom is 0.268 e. The lowest BCUT2D eigenvalue weighted by atomic mass is 9.82. The maximum atomic E-state index is 14.5. The molecule has 1 saturated heterocycles. The van der Waals surface area contributed by atoms with Gasteiger partial charge in [-0.15, -0.1) is 0 Å². The summed E-state index contributed by atoms with van der Waals surface area (Å²) in [5, 5.41) is 2.74. The summed E-state index contributed by atoms with van der Waals surface area (Å²) in [7, 11) is -7.05. The minimum Gasteiger partial charge on any atom is -0.405 e. The van der Waals surface area contributed by atoms with E-state index in [1.165, 1.54) is 3.97 Å². The summed E-state index contributed by atoms with van der Waals surface area (Å²) < 4.78 is 66.1. The summed E-state index contributed by atoms with van der Waals surface area (Å²) in [6, 6.07) is 57.2. The fourth-order valence-corrected chi connectivity index (χ4v) is 14.8. The lowest BCUT2D eigenvalue weighted by Gasteiger charge is -2.50. The van der Waals surface area contributed by atoms with Crippen LogP contribution in [0.1, 0.15) is 50.8 Å². The first-order valence-corrected chi connectivity index (χ1v) is 24.7. The van der Waals surface area contributed by atoms with Crippen LogP contribution >= 0.6 is 0 Å². The zero-order valence-corrected chi connectivity index (χ0v) is 37.6. The molecule has 6 aromatic carbocycles. The molecule has 1 fully saturated rings. The molecule has 4 atom stereocenters. The summed E-state index contributed by atoms with van der Waals surface area (Å²) in [6.45, 7) is 9.73. The molecular weight excluding hydrogens is 811 g/mol. The molecule has 0 N–H and O–H groups in total. The van der Waals surface area contributed by atoms with Crippen LogP contribution in [0.5, 0.6) is 0 Å². The van der Waals surface area contributed by atoms with Crippen molar-refractivity contribution in [1.29, 1.82) is 0 Å². The Hall–Kier alpha value is -5.17. The van der Waals surface area contributed by atoms with Gasteiger partial charge in [0.05, 0.1) is 36.3 Å². The standard InChI is InChI=1S/C52H55NO7SSi/c1-5-56-50-52(58-38-41-25-13-7-14-26-41,46-36-53(47-34-22-21-33-45(46)47)61(54,55)42-27-15-8-16-28-42)35-48(57-37-40-23-11-6-12-24-40)49(60-50)39-59-62(51(2,3)4,43-29-17-9-18-30-43)44-31-19-10-20-32-44/h6-34,36,48-50H,5,35,37-39H2,1-4H3/t48-,49+,50-,52-/m0/s1. The van der Waals surface area contributed by atoms with Crippen molar-refractivity contribution >= 4 is 39.6 Å². The number of ether oxygens (including phenoxy) is 4. The van der Waals surface area contributed by atoms with Gasteiger partial charge >= 0.3 is 0 Å². The molecular formula is C52H55NO7SSi. The van der Waals surface area contributed by atoms with Gasteiger partial charge in [0, 0.05) is 30.2 Å². The predicted molar refractivity (Wildman–Crippen MR) is 247 cm³/mol. The van der Waals surface area contributed by atoms with Crippen LogP contribution in [0.2, 0.25) is 5.04 Å². The molecule has 320 valence electrons. The van der Waals surface area contributed by atoms with E-state index >= 15 is 0 Å². The second-order valence-corrected chi connectivity index (χ2v) is 22.9. The maximum absolute atomic E-state index is 14.5. The number of nitrogens with zero attached hydrogens (tertiary/aromatic N) is 1. The van der Waals surface area contributed by atoms with Crippen molar-refractivity contribution in [3.63, 3.8) is 0 Å². The average Bonchev–Trinajstić information content (AvgIpc) is 3.71. The van der Waals surface area contributed by atoms with E-state index in [9.17, 15) is 8.42 Å². The molecule has 0 amide bonds. The Labute approximate surface area is 367 Å². The Morgan fingerprint density at radius 1 is 0.677 bits per heavy atom. The van der Waals surface area contributed by atoms with E-state index in [-0.39, 0.29) is 29.6 Å². The monoisotopic (exact) mass is 865 g/mol. The number of para-hydroxylation sites is 1. The fraction of sp³-hybridized carbons (Fsp3) is 0.269. The Morgan fingerprint density at radius 2 is 1.19 bits per heavy atom. The third-order valence-corrected chi connectivity index (χ3v) is 18.6. The van der Waals surface area contributed by atoms with Crippen LogP contribution in [-0.4, -0.2) is 52.4 Å². The summed E-state index contributed by atoms with van der Waals surface area (Å²) in [6.07, 6.45) is -0.216. The van der Waals surface area contributed by atoms with E-state index in [0.717, 1.165) is 21.5 Å². The second-order valence-electron chi connectivity index (χ2n) is 16.8. The summed E-state index contributed by atoms with van der Waals surface area (Å²) in [5.74, 6) is 0. The molecule has 0 saturated carbocycles. The molecule has 0 aliphatic carbocycles. The van der Waals surface area contributed by atoms with Crippen LogP contribution in [0.3, 0.4) is 0 Å². The third kappa shape index (κ3) is 8.61. The number of rotatable bonds is 16. The largest absolute Gasteiger partial charge is 0.405 e. The van der Waals surface area contributed by atoms with Crippen LogP contribution < -0.4 is 10.4 Å². The molecule has 1 aliphatic heterocycles. The van der Waals surface area contributed by atoms with Crippen molar-refractivity contribution < 1.29 is 31.8 Å². The van der Waals surface area contributed by atoms with Crippen LogP contribution in [0, 0.1) is 0 Å². The molecule has 1 aliphatic rings. The van der Waals surface area contributed by atoms with Gasteiger partial charge in [-0.2, -0.15) is 0 Å². The molecule has 0 radical (unpaired) electrons. The van der Waals surface area contributed by atoms with Crippen molar-refractivity contribution in [3.8, 4) is 0 Å². The van der Waals surface area contributed by atoms with E-state index in [1.54, 1.807) is 36.5 Å². The second kappa shape index (κ2) is 18.7. The topological polar surface area (TPSA) is 85.2 Å². The highest BCUT2D eigenvalue weighted by molar-refractivity contribution is 7.90.